The average molecular weight is 257 g/mol. The summed E-state index contributed by atoms with van der Waals surface area (Å²) in [4.78, 5) is 2.53. The van der Waals surface area contributed by atoms with Gasteiger partial charge in [0.25, 0.3) is 0 Å². The number of hydrogen-bond donors (Lipinski definition) is 1. The van der Waals surface area contributed by atoms with E-state index in [2.05, 4.69) is 35.8 Å². The van der Waals surface area contributed by atoms with Crippen molar-refractivity contribution in [3.05, 3.63) is 35.4 Å². The Hall–Kier alpha value is -1.30. The third-order valence-electron chi connectivity index (χ3n) is 3.86. The summed E-state index contributed by atoms with van der Waals surface area (Å²) >= 11 is 0. The van der Waals surface area contributed by atoms with Crippen LogP contribution in [0, 0.1) is 17.8 Å². The Morgan fingerprint density at radius 3 is 2.53 bits per heavy atom. The van der Waals surface area contributed by atoms with Crippen LogP contribution in [-0.4, -0.2) is 29.7 Å². The van der Waals surface area contributed by atoms with E-state index < -0.39 is 0 Å². The molecule has 2 nitrogen and oxygen atoms in total. The van der Waals surface area contributed by atoms with E-state index in [4.69, 9.17) is 5.11 Å². The Kier molecular flexibility index (Phi) is 5.44. The molecule has 2 rings (SSSR count). The van der Waals surface area contributed by atoms with Gasteiger partial charge in [0, 0.05) is 18.7 Å². The normalized spacial score (nSPS) is 14.9. The van der Waals surface area contributed by atoms with Crippen LogP contribution < -0.4 is 0 Å². The topological polar surface area (TPSA) is 23.5 Å². The molecule has 1 aromatic rings. The van der Waals surface area contributed by atoms with Gasteiger partial charge in [0.15, 0.2) is 0 Å². The molecule has 2 heteroatoms. The van der Waals surface area contributed by atoms with Gasteiger partial charge in [0.05, 0.1) is 0 Å². The van der Waals surface area contributed by atoms with Gasteiger partial charge in [0.2, 0.25) is 0 Å². The van der Waals surface area contributed by atoms with Crippen molar-refractivity contribution in [3.8, 4) is 11.8 Å². The van der Waals surface area contributed by atoms with E-state index in [0.29, 0.717) is 0 Å². The molecule has 0 saturated heterocycles. The fourth-order valence-electron chi connectivity index (χ4n) is 2.44. The summed E-state index contributed by atoms with van der Waals surface area (Å²) in [5.41, 5.74) is 2.32. The highest BCUT2D eigenvalue weighted by atomic mass is 16.2. The van der Waals surface area contributed by atoms with Crippen molar-refractivity contribution >= 4 is 0 Å². The maximum Gasteiger partial charge on any atom is 0.104 e. The van der Waals surface area contributed by atoms with Crippen molar-refractivity contribution in [2.45, 2.75) is 32.7 Å². The third kappa shape index (κ3) is 4.38. The second-order valence-electron chi connectivity index (χ2n) is 5.28. The largest absolute Gasteiger partial charge is 0.384 e. The molecule has 1 saturated carbocycles. The SMILES string of the molecule is CCN(Cc1ccc(C#CCO)cc1)CC1CCC1. The molecule has 1 N–H and O–H groups in total. The maximum atomic E-state index is 8.67. The van der Waals surface area contributed by atoms with Gasteiger partial charge >= 0.3 is 0 Å². The molecule has 0 bridgehead atoms. The van der Waals surface area contributed by atoms with Gasteiger partial charge in [-0.05, 0) is 43.0 Å². The summed E-state index contributed by atoms with van der Waals surface area (Å²) < 4.78 is 0. The zero-order valence-electron chi connectivity index (χ0n) is 11.7. The van der Waals surface area contributed by atoms with Gasteiger partial charge in [-0.2, -0.15) is 0 Å². The molecule has 0 spiro atoms. The van der Waals surface area contributed by atoms with E-state index in [1.165, 1.54) is 31.4 Å². The van der Waals surface area contributed by atoms with E-state index >= 15 is 0 Å². The summed E-state index contributed by atoms with van der Waals surface area (Å²) in [6, 6.07) is 8.36. The zero-order chi connectivity index (χ0) is 13.5. The van der Waals surface area contributed by atoms with Crippen LogP contribution >= 0.6 is 0 Å². The zero-order valence-corrected chi connectivity index (χ0v) is 11.7. The number of aliphatic hydroxyl groups is 1. The lowest BCUT2D eigenvalue weighted by Gasteiger charge is -2.31. The van der Waals surface area contributed by atoms with E-state index in [0.717, 1.165) is 24.6 Å². The molecule has 0 radical (unpaired) electrons. The first kappa shape index (κ1) is 14.1. The van der Waals surface area contributed by atoms with Gasteiger partial charge in [-0.1, -0.05) is 37.3 Å². The second-order valence-corrected chi connectivity index (χ2v) is 5.28. The highest BCUT2D eigenvalue weighted by molar-refractivity contribution is 5.36. The number of nitrogens with zero attached hydrogens (tertiary/aromatic N) is 1. The van der Waals surface area contributed by atoms with E-state index in [9.17, 15) is 0 Å². The lowest BCUT2D eigenvalue weighted by atomic mass is 9.85. The number of aliphatic hydroxyl groups excluding tert-OH is 1. The minimum absolute atomic E-state index is 0.0766. The molecule has 0 heterocycles. The Morgan fingerprint density at radius 2 is 2.00 bits per heavy atom. The van der Waals surface area contributed by atoms with Gasteiger partial charge in [-0.3, -0.25) is 4.90 Å². The first-order valence-corrected chi connectivity index (χ1v) is 7.23. The molecule has 0 aliphatic heterocycles. The van der Waals surface area contributed by atoms with Crippen LogP contribution in [0.5, 0.6) is 0 Å². The van der Waals surface area contributed by atoms with Crippen LogP contribution in [0.3, 0.4) is 0 Å². The van der Waals surface area contributed by atoms with E-state index in [-0.39, 0.29) is 6.61 Å². The molecule has 0 amide bonds. The first-order chi connectivity index (χ1) is 9.31. The summed E-state index contributed by atoms with van der Waals surface area (Å²) in [6.45, 7) is 5.54. The van der Waals surface area contributed by atoms with Crippen molar-refractivity contribution in [2.24, 2.45) is 5.92 Å². The Labute approximate surface area is 116 Å². The first-order valence-electron chi connectivity index (χ1n) is 7.23. The summed E-state index contributed by atoms with van der Waals surface area (Å²) in [5.74, 6) is 6.52. The molecular weight excluding hydrogens is 234 g/mol. The minimum Gasteiger partial charge on any atom is -0.384 e. The monoisotopic (exact) mass is 257 g/mol. The lowest BCUT2D eigenvalue weighted by Crippen LogP contribution is -2.32. The van der Waals surface area contributed by atoms with Crippen molar-refractivity contribution in [3.63, 3.8) is 0 Å². The predicted molar refractivity (Wildman–Crippen MR) is 78.7 cm³/mol. The van der Waals surface area contributed by atoms with Crippen molar-refractivity contribution in [1.29, 1.82) is 0 Å². The Morgan fingerprint density at radius 1 is 1.26 bits per heavy atom. The molecule has 0 atom stereocenters. The van der Waals surface area contributed by atoms with Gasteiger partial charge < -0.3 is 5.11 Å². The Bertz CT molecular complexity index is 437. The van der Waals surface area contributed by atoms with Crippen molar-refractivity contribution < 1.29 is 5.11 Å². The van der Waals surface area contributed by atoms with Crippen LogP contribution in [0.1, 0.15) is 37.3 Å². The summed E-state index contributed by atoms with van der Waals surface area (Å²) in [5, 5.41) is 8.67. The van der Waals surface area contributed by atoms with Crippen LogP contribution in [-0.2, 0) is 6.54 Å². The average Bonchev–Trinajstić information content (AvgIpc) is 2.40. The number of rotatable bonds is 5. The second kappa shape index (κ2) is 7.33. The fourth-order valence-corrected chi connectivity index (χ4v) is 2.44. The lowest BCUT2D eigenvalue weighted by molar-refractivity contribution is 0.178. The van der Waals surface area contributed by atoms with Gasteiger partial charge in [0.1, 0.15) is 6.61 Å². The minimum atomic E-state index is -0.0766. The maximum absolute atomic E-state index is 8.67. The third-order valence-corrected chi connectivity index (χ3v) is 3.86. The van der Waals surface area contributed by atoms with Gasteiger partial charge in [-0.15, -0.1) is 0 Å². The van der Waals surface area contributed by atoms with E-state index in [1.54, 1.807) is 0 Å². The summed E-state index contributed by atoms with van der Waals surface area (Å²) in [6.07, 6.45) is 4.23. The number of benzene rings is 1. The van der Waals surface area contributed by atoms with Crippen LogP contribution in [0.2, 0.25) is 0 Å². The molecule has 0 aromatic heterocycles. The van der Waals surface area contributed by atoms with Crippen molar-refractivity contribution in [1.82, 2.24) is 4.90 Å². The molecule has 1 aliphatic rings. The molecular formula is C17H23NO. The highest BCUT2D eigenvalue weighted by Gasteiger charge is 2.19. The molecule has 1 aliphatic carbocycles. The summed E-state index contributed by atoms with van der Waals surface area (Å²) in [7, 11) is 0. The number of hydrogen-bond acceptors (Lipinski definition) is 2. The fraction of sp³-hybridized carbons (Fsp3) is 0.529. The molecule has 19 heavy (non-hydrogen) atoms. The smallest absolute Gasteiger partial charge is 0.104 e. The Balaban J connectivity index is 1.89. The quantitative estimate of drug-likeness (QED) is 0.820. The van der Waals surface area contributed by atoms with Gasteiger partial charge in [-0.25, -0.2) is 0 Å². The highest BCUT2D eigenvalue weighted by Crippen LogP contribution is 2.27. The predicted octanol–water partition coefficient (Wildman–Crippen LogP) is 2.65. The van der Waals surface area contributed by atoms with E-state index in [1.807, 2.05) is 12.1 Å². The van der Waals surface area contributed by atoms with Crippen LogP contribution in [0.15, 0.2) is 24.3 Å². The molecule has 0 unspecified atom stereocenters. The van der Waals surface area contributed by atoms with Crippen LogP contribution in [0.25, 0.3) is 0 Å². The standard InChI is InChI=1S/C17H23NO/c1-2-18(13-16-5-3-6-16)14-17-10-8-15(9-11-17)7-4-12-19/h8-11,16,19H,2-3,5-6,12-14H2,1H3. The molecule has 102 valence electrons. The van der Waals surface area contributed by atoms with Crippen LogP contribution in [0.4, 0.5) is 0 Å². The molecule has 1 aromatic carbocycles. The molecule has 1 fully saturated rings. The van der Waals surface area contributed by atoms with Crippen molar-refractivity contribution in [2.75, 3.05) is 19.7 Å².